The van der Waals surface area contributed by atoms with Gasteiger partial charge in [-0.3, -0.25) is 10.1 Å². The Balaban J connectivity index is 2.32. The van der Waals surface area contributed by atoms with Crippen LogP contribution in [0.5, 0.6) is 5.75 Å². The van der Waals surface area contributed by atoms with Gasteiger partial charge in [0.1, 0.15) is 5.75 Å². The van der Waals surface area contributed by atoms with Crippen LogP contribution in [0.3, 0.4) is 0 Å². The van der Waals surface area contributed by atoms with Gasteiger partial charge in [-0.2, -0.15) is 0 Å². The highest BCUT2D eigenvalue weighted by atomic mass is 16.6. The Morgan fingerprint density at radius 2 is 1.94 bits per heavy atom. The Bertz CT molecular complexity index is 541. The molecule has 1 aromatic carbocycles. The van der Waals surface area contributed by atoms with Crippen LogP contribution >= 0.6 is 0 Å². The van der Waals surface area contributed by atoms with Crippen LogP contribution in [-0.4, -0.2) is 10.0 Å². The first-order valence-corrected chi connectivity index (χ1v) is 5.07. The number of nitrogens with zero attached hydrogens (tertiary/aromatic N) is 2. The molecule has 0 amide bonds. The zero-order chi connectivity index (χ0) is 12.3. The maximum atomic E-state index is 10.6. The lowest BCUT2D eigenvalue weighted by molar-refractivity contribution is -0.688. The molecule has 86 valence electrons. The average molecular weight is 231 g/mol. The monoisotopic (exact) mass is 231 g/mol. The predicted molar refractivity (Wildman–Crippen MR) is 60.5 cm³/mol. The second kappa shape index (κ2) is 4.61. The minimum atomic E-state index is -0.474. The summed E-state index contributed by atoms with van der Waals surface area (Å²) in [6, 6.07) is 9.60. The lowest BCUT2D eigenvalue weighted by Gasteiger charge is -2.01. The molecule has 2 rings (SSSR count). The normalized spacial score (nSPS) is 10.1. The van der Waals surface area contributed by atoms with Crippen LogP contribution in [0.25, 0.3) is 0 Å². The van der Waals surface area contributed by atoms with Gasteiger partial charge >= 0.3 is 0 Å². The summed E-state index contributed by atoms with van der Waals surface area (Å²) in [5.41, 5.74) is 0.504. The Labute approximate surface area is 97.7 Å². The van der Waals surface area contributed by atoms with Gasteiger partial charge in [-0.15, -0.1) is 0 Å². The molecule has 5 heteroatoms. The lowest BCUT2D eigenvalue weighted by Crippen LogP contribution is -2.32. The number of nitro benzene ring substituents is 1. The predicted octanol–water partition coefficient (Wildman–Crippen LogP) is 1.64. The number of nitro groups is 1. The molecule has 0 aliphatic carbocycles. The van der Waals surface area contributed by atoms with Crippen molar-refractivity contribution >= 4 is 5.69 Å². The number of phenols is 1. The van der Waals surface area contributed by atoms with E-state index in [1.54, 1.807) is 0 Å². The van der Waals surface area contributed by atoms with Crippen molar-refractivity contribution in [3.05, 3.63) is 64.5 Å². The fourth-order valence-electron chi connectivity index (χ4n) is 1.55. The number of rotatable bonds is 3. The van der Waals surface area contributed by atoms with E-state index in [1.807, 2.05) is 35.2 Å². The van der Waals surface area contributed by atoms with Crippen molar-refractivity contribution in [2.75, 3.05) is 0 Å². The molecule has 0 bridgehead atoms. The highest BCUT2D eigenvalue weighted by molar-refractivity contribution is 5.42. The molecule has 1 aromatic heterocycles. The van der Waals surface area contributed by atoms with Crippen LogP contribution in [0.2, 0.25) is 0 Å². The Kier molecular flexibility index (Phi) is 3.00. The number of non-ortho nitro benzene ring substituents is 1. The third kappa shape index (κ3) is 2.57. The minimum Gasteiger partial charge on any atom is -0.507 e. The highest BCUT2D eigenvalue weighted by Gasteiger charge is 2.13. The average Bonchev–Trinajstić information content (AvgIpc) is 2.33. The first-order valence-electron chi connectivity index (χ1n) is 5.07. The minimum absolute atomic E-state index is 0.0191. The van der Waals surface area contributed by atoms with E-state index in [0.717, 1.165) is 0 Å². The molecule has 5 nitrogen and oxygen atoms in total. The third-order valence-corrected chi connectivity index (χ3v) is 2.40. The van der Waals surface area contributed by atoms with Crippen molar-refractivity contribution in [2.45, 2.75) is 6.54 Å². The summed E-state index contributed by atoms with van der Waals surface area (Å²) >= 11 is 0. The van der Waals surface area contributed by atoms with Gasteiger partial charge in [0.15, 0.2) is 18.9 Å². The molecule has 0 aliphatic heterocycles. The molecule has 1 heterocycles. The van der Waals surface area contributed by atoms with Crippen LogP contribution < -0.4 is 4.57 Å². The van der Waals surface area contributed by atoms with E-state index >= 15 is 0 Å². The van der Waals surface area contributed by atoms with E-state index in [-0.39, 0.29) is 11.4 Å². The molecule has 0 unspecified atom stereocenters. The summed E-state index contributed by atoms with van der Waals surface area (Å²) in [7, 11) is 0. The number of hydrogen-bond donors (Lipinski definition) is 1. The highest BCUT2D eigenvalue weighted by Crippen LogP contribution is 2.22. The summed E-state index contributed by atoms with van der Waals surface area (Å²) in [4.78, 5) is 10.2. The van der Waals surface area contributed by atoms with E-state index in [4.69, 9.17) is 0 Å². The number of aromatic hydroxyl groups is 1. The standard InChI is InChI=1S/C12H10N2O3/c15-12-5-4-11(14(16)17)8-10(12)9-13-6-2-1-3-7-13/h1-8H,9H2/p+1. The van der Waals surface area contributed by atoms with Crippen molar-refractivity contribution in [2.24, 2.45) is 0 Å². The summed E-state index contributed by atoms with van der Waals surface area (Å²) < 4.78 is 1.83. The molecule has 0 radical (unpaired) electrons. The maximum Gasteiger partial charge on any atom is 0.270 e. The fourth-order valence-corrected chi connectivity index (χ4v) is 1.55. The first kappa shape index (κ1) is 11.1. The SMILES string of the molecule is O=[N+]([O-])c1ccc(O)c(C[n+]2ccccc2)c1. The number of pyridine rings is 1. The zero-order valence-electron chi connectivity index (χ0n) is 8.98. The van der Waals surface area contributed by atoms with E-state index in [1.165, 1.54) is 18.2 Å². The Morgan fingerprint density at radius 3 is 2.59 bits per heavy atom. The van der Waals surface area contributed by atoms with Gasteiger partial charge in [-0.25, -0.2) is 4.57 Å². The molecule has 0 saturated heterocycles. The van der Waals surface area contributed by atoms with Gasteiger partial charge < -0.3 is 5.11 Å². The van der Waals surface area contributed by atoms with Crippen LogP contribution in [0.4, 0.5) is 5.69 Å². The summed E-state index contributed by atoms with van der Waals surface area (Å²) in [5, 5.41) is 20.3. The van der Waals surface area contributed by atoms with Gasteiger partial charge in [0.25, 0.3) is 5.69 Å². The Morgan fingerprint density at radius 1 is 1.24 bits per heavy atom. The molecule has 17 heavy (non-hydrogen) atoms. The molecule has 0 atom stereocenters. The molecular formula is C12H11N2O3+. The molecule has 0 saturated carbocycles. The fraction of sp³-hybridized carbons (Fsp3) is 0.0833. The number of benzene rings is 1. The van der Waals surface area contributed by atoms with E-state index < -0.39 is 4.92 Å². The van der Waals surface area contributed by atoms with Gasteiger partial charge in [0, 0.05) is 24.3 Å². The second-order valence-corrected chi connectivity index (χ2v) is 3.62. The molecule has 2 aromatic rings. The first-order chi connectivity index (χ1) is 8.16. The summed E-state index contributed by atoms with van der Waals surface area (Å²) in [6.45, 7) is 0.397. The van der Waals surface area contributed by atoms with Gasteiger partial charge in [0.05, 0.1) is 10.5 Å². The van der Waals surface area contributed by atoms with Crippen LogP contribution in [-0.2, 0) is 6.54 Å². The molecule has 1 N–H and O–H groups in total. The van der Waals surface area contributed by atoms with E-state index in [9.17, 15) is 15.2 Å². The number of aromatic nitrogens is 1. The zero-order valence-corrected chi connectivity index (χ0v) is 8.98. The van der Waals surface area contributed by atoms with E-state index in [2.05, 4.69) is 0 Å². The van der Waals surface area contributed by atoms with Gasteiger partial charge in [0.2, 0.25) is 0 Å². The van der Waals surface area contributed by atoms with Crippen LogP contribution in [0.15, 0.2) is 48.8 Å². The van der Waals surface area contributed by atoms with E-state index in [0.29, 0.717) is 12.1 Å². The number of hydrogen-bond acceptors (Lipinski definition) is 3. The van der Waals surface area contributed by atoms with Crippen molar-refractivity contribution in [3.8, 4) is 5.75 Å². The summed E-state index contributed by atoms with van der Waals surface area (Å²) in [6.07, 6.45) is 3.66. The molecule has 0 fully saturated rings. The van der Waals surface area contributed by atoms with Gasteiger partial charge in [-0.1, -0.05) is 6.07 Å². The third-order valence-electron chi connectivity index (χ3n) is 2.40. The molecule has 0 aliphatic rings. The Hall–Kier alpha value is -2.43. The smallest absolute Gasteiger partial charge is 0.270 e. The molecular weight excluding hydrogens is 220 g/mol. The van der Waals surface area contributed by atoms with Crippen LogP contribution in [0.1, 0.15) is 5.56 Å². The maximum absolute atomic E-state index is 10.6. The molecule has 0 spiro atoms. The van der Waals surface area contributed by atoms with Crippen molar-refractivity contribution < 1.29 is 14.6 Å². The van der Waals surface area contributed by atoms with Crippen molar-refractivity contribution in [1.82, 2.24) is 0 Å². The quantitative estimate of drug-likeness (QED) is 0.496. The summed E-state index contributed by atoms with van der Waals surface area (Å²) in [5.74, 6) is 0.0620. The van der Waals surface area contributed by atoms with Crippen molar-refractivity contribution in [1.29, 1.82) is 0 Å². The van der Waals surface area contributed by atoms with Crippen LogP contribution in [0, 0.1) is 10.1 Å². The van der Waals surface area contributed by atoms with Crippen molar-refractivity contribution in [3.63, 3.8) is 0 Å². The topological polar surface area (TPSA) is 67.2 Å². The van der Waals surface area contributed by atoms with Gasteiger partial charge in [-0.05, 0) is 6.07 Å². The largest absolute Gasteiger partial charge is 0.507 e. The number of phenolic OH excluding ortho intramolecular Hbond substituents is 1. The second-order valence-electron chi connectivity index (χ2n) is 3.62. The lowest BCUT2D eigenvalue weighted by atomic mass is 10.1.